The summed E-state index contributed by atoms with van der Waals surface area (Å²) in [5, 5.41) is 1.38. The fourth-order valence-electron chi connectivity index (χ4n) is 6.48. The third-order valence-electron chi connectivity index (χ3n) is 8.96. The van der Waals surface area contributed by atoms with Gasteiger partial charge in [0.15, 0.2) is 0 Å². The van der Waals surface area contributed by atoms with Crippen LogP contribution in [0.15, 0.2) is 204 Å². The molecule has 0 radical (unpaired) electrons. The highest BCUT2D eigenvalue weighted by Crippen LogP contribution is 2.42. The van der Waals surface area contributed by atoms with Crippen molar-refractivity contribution in [2.24, 2.45) is 0 Å². The first-order valence-corrected chi connectivity index (χ1v) is 16.3. The summed E-state index contributed by atoms with van der Waals surface area (Å²) in [6.07, 6.45) is 0. The zero-order chi connectivity index (χ0) is 50.1. The molecule has 0 N–H and O–H groups in total. The molecule has 2 heteroatoms. The first kappa shape index (κ1) is 16.9. The molecular weight excluding hydrogens is 631 g/mol. The molecule has 0 aliphatic rings. The summed E-state index contributed by atoms with van der Waals surface area (Å²) >= 11 is 0. The fraction of sp³-hybridized carbons (Fsp3) is 0. The normalized spacial score (nSPS) is 16.3. The lowest BCUT2D eigenvalue weighted by Crippen LogP contribution is -2.11. The lowest BCUT2D eigenvalue weighted by Gasteiger charge is -2.28. The van der Waals surface area contributed by atoms with E-state index >= 15 is 0 Å². The molecule has 244 valence electrons. The van der Waals surface area contributed by atoms with E-state index in [1.165, 1.54) is 29.2 Å². The number of para-hydroxylation sites is 2. The molecule has 0 bridgehead atoms. The smallest absolute Gasteiger partial charge is 0.136 e. The zero-order valence-corrected chi connectivity index (χ0v) is 27.0. The van der Waals surface area contributed by atoms with E-state index < -0.39 is 114 Å². The number of nitrogens with zero attached hydrogens (tertiary/aromatic N) is 1. The highest BCUT2D eigenvalue weighted by Gasteiger charge is 2.18. The molecule has 10 aromatic rings. The van der Waals surface area contributed by atoms with E-state index in [0.29, 0.717) is 5.69 Å². The molecule has 0 saturated heterocycles. The van der Waals surface area contributed by atoms with Gasteiger partial charge in [-0.1, -0.05) is 145 Å². The number of anilines is 3. The Bertz CT molecular complexity index is 3900. The quantitative estimate of drug-likeness (QED) is 0.174. The molecule has 0 spiro atoms. The molecule has 10 rings (SSSR count). The predicted octanol–water partition coefficient (Wildman–Crippen LogP) is 14.4. The average molecular weight is 682 g/mol. The number of furan rings is 1. The summed E-state index contributed by atoms with van der Waals surface area (Å²) in [5.74, 6) is 0. The summed E-state index contributed by atoms with van der Waals surface area (Å²) in [5.41, 5.74) is 0.592. The molecule has 0 fully saturated rings. The Morgan fingerprint density at radius 3 is 1.90 bits per heavy atom. The SMILES string of the molecule is [2H]c1c([2H])c([2H])c(-c2c([2H])c([2H])c([2H])c([2H])c2N(c2ccc(-c3ccc4ccccc4c3)cc2)c2ccc(-c3c([2H])c([2H])c4c(c3[2H])c([2H])c([2H])c3oc5c([2H])c([2H])c([2H])c([2H])c5c34)cc2)c([2H])c1[2H]. The molecule has 1 aromatic heterocycles. The highest BCUT2D eigenvalue weighted by atomic mass is 16.3. The van der Waals surface area contributed by atoms with Crippen molar-refractivity contribution in [1.82, 2.24) is 0 Å². The van der Waals surface area contributed by atoms with E-state index in [2.05, 4.69) is 0 Å². The Labute approximate surface area is 327 Å². The van der Waals surface area contributed by atoms with Crippen molar-refractivity contribution in [2.45, 2.75) is 0 Å². The Hall–Kier alpha value is -6.90. The molecule has 9 aromatic carbocycles. The van der Waals surface area contributed by atoms with Crippen LogP contribution in [-0.4, -0.2) is 0 Å². The lowest BCUT2D eigenvalue weighted by molar-refractivity contribution is 0.669. The van der Waals surface area contributed by atoms with Crippen molar-refractivity contribution in [3.8, 4) is 33.4 Å². The Morgan fingerprint density at radius 1 is 0.423 bits per heavy atom. The fourth-order valence-corrected chi connectivity index (χ4v) is 6.48. The number of hydrogen-bond donors (Lipinski definition) is 0. The first-order chi connectivity index (χ1) is 33.3. The third kappa shape index (κ3) is 5.21. The summed E-state index contributed by atoms with van der Waals surface area (Å²) < 4.78 is 164. The first-order valence-electron chi connectivity index (χ1n) is 25.3. The largest absolute Gasteiger partial charge is 0.456 e. The van der Waals surface area contributed by atoms with Gasteiger partial charge in [-0.15, -0.1) is 0 Å². The number of fused-ring (bicyclic) bond motifs is 6. The molecule has 0 amide bonds. The second-order valence-corrected chi connectivity index (χ2v) is 12.0. The minimum atomic E-state index is -0.717. The number of hydrogen-bond acceptors (Lipinski definition) is 2. The Kier molecular flexibility index (Phi) is 4.04. The molecule has 0 unspecified atom stereocenters. The van der Waals surface area contributed by atoms with Crippen LogP contribution >= 0.6 is 0 Å². The molecule has 0 aliphatic carbocycles. The molecule has 2 nitrogen and oxygen atoms in total. The molecular formula is C50H33NO. The molecule has 0 atom stereocenters. The topological polar surface area (TPSA) is 16.4 Å². The van der Waals surface area contributed by atoms with Gasteiger partial charge in [-0.05, 0) is 104 Å². The van der Waals surface area contributed by atoms with Crippen LogP contribution in [0.3, 0.4) is 0 Å². The van der Waals surface area contributed by atoms with E-state index in [0.717, 1.165) is 21.9 Å². The predicted molar refractivity (Wildman–Crippen MR) is 220 cm³/mol. The Balaban J connectivity index is 1.21. The summed E-state index contributed by atoms with van der Waals surface area (Å²) in [7, 11) is 0. The van der Waals surface area contributed by atoms with Gasteiger partial charge in [-0.3, -0.25) is 0 Å². The van der Waals surface area contributed by atoms with Gasteiger partial charge in [0.1, 0.15) is 11.2 Å². The van der Waals surface area contributed by atoms with Crippen LogP contribution in [0.25, 0.3) is 76.9 Å². The summed E-state index contributed by atoms with van der Waals surface area (Å²) in [6.45, 7) is 0. The van der Waals surface area contributed by atoms with Gasteiger partial charge in [-0.2, -0.15) is 0 Å². The molecule has 1 heterocycles. The zero-order valence-electron chi connectivity index (χ0n) is 45.0. The maximum absolute atomic E-state index is 9.45. The monoisotopic (exact) mass is 681 g/mol. The van der Waals surface area contributed by atoms with Crippen LogP contribution in [0, 0.1) is 0 Å². The van der Waals surface area contributed by atoms with E-state index in [-0.39, 0.29) is 60.8 Å². The molecule has 0 aliphatic heterocycles. The van der Waals surface area contributed by atoms with Gasteiger partial charge < -0.3 is 9.32 Å². The van der Waals surface area contributed by atoms with E-state index in [4.69, 9.17) is 22.2 Å². The van der Waals surface area contributed by atoms with E-state index in [1.54, 1.807) is 12.1 Å². The lowest BCUT2D eigenvalue weighted by atomic mass is 9.97. The van der Waals surface area contributed by atoms with Gasteiger partial charge in [-0.25, -0.2) is 0 Å². The van der Waals surface area contributed by atoms with Crippen LogP contribution in [0.5, 0.6) is 0 Å². The molecule has 0 saturated carbocycles. The van der Waals surface area contributed by atoms with Gasteiger partial charge in [0.05, 0.1) is 30.4 Å². The second-order valence-electron chi connectivity index (χ2n) is 12.0. The maximum atomic E-state index is 9.45. The van der Waals surface area contributed by atoms with Gasteiger partial charge >= 0.3 is 0 Å². The average Bonchev–Trinajstić information content (AvgIpc) is 3.77. The summed E-state index contributed by atoms with van der Waals surface area (Å²) in [6, 6.07) is 16.0. The molecule has 52 heavy (non-hydrogen) atoms. The Morgan fingerprint density at radius 2 is 1.10 bits per heavy atom. The van der Waals surface area contributed by atoms with Gasteiger partial charge in [0.25, 0.3) is 0 Å². The van der Waals surface area contributed by atoms with Crippen molar-refractivity contribution in [3.05, 3.63) is 200 Å². The van der Waals surface area contributed by atoms with Crippen LogP contribution < -0.4 is 4.90 Å². The summed E-state index contributed by atoms with van der Waals surface area (Å²) in [4.78, 5) is 1.46. The maximum Gasteiger partial charge on any atom is 0.136 e. The van der Waals surface area contributed by atoms with Gasteiger partial charge in [0.2, 0.25) is 0 Å². The van der Waals surface area contributed by atoms with Crippen molar-refractivity contribution < 1.29 is 29.1 Å². The van der Waals surface area contributed by atoms with E-state index in [9.17, 15) is 6.85 Å². The van der Waals surface area contributed by atoms with Crippen molar-refractivity contribution in [3.63, 3.8) is 0 Å². The highest BCUT2D eigenvalue weighted by molar-refractivity contribution is 6.19. The second kappa shape index (κ2) is 12.5. The van der Waals surface area contributed by atoms with Crippen LogP contribution in [0.1, 0.15) is 24.7 Å². The third-order valence-corrected chi connectivity index (χ3v) is 8.96. The van der Waals surface area contributed by atoms with Gasteiger partial charge in [0, 0.05) is 27.7 Å². The van der Waals surface area contributed by atoms with Crippen LogP contribution in [0.2, 0.25) is 0 Å². The standard InChI is InChI=1S/C50H33NO/c1-2-11-37(12-3-1)44-14-6-8-16-47(44)51(42-26-20-35(21-27-42)39-19-18-34-10-4-5-13-38(34)32-39)43-28-22-36(23-29-43)40-24-30-45-41(33-40)25-31-49-50(45)46-15-7-9-17-48(46)52-49/h1-33H/i1D,2D,3D,6D,7D,8D,9D,11D,12D,14D,15D,16D,17D,24D,25D,30D,31D,33D. The van der Waals surface area contributed by atoms with Crippen molar-refractivity contribution in [1.29, 1.82) is 0 Å². The number of rotatable bonds is 6. The minimum absolute atomic E-state index is 0.100. The van der Waals surface area contributed by atoms with Crippen LogP contribution in [0.4, 0.5) is 17.1 Å². The number of benzene rings is 9. The minimum Gasteiger partial charge on any atom is -0.456 e. The van der Waals surface area contributed by atoms with Crippen molar-refractivity contribution >= 4 is 60.5 Å². The van der Waals surface area contributed by atoms with Crippen LogP contribution in [-0.2, 0) is 0 Å². The van der Waals surface area contributed by atoms with Crippen molar-refractivity contribution in [2.75, 3.05) is 4.90 Å². The van der Waals surface area contributed by atoms with E-state index in [1.807, 2.05) is 54.6 Å².